The summed E-state index contributed by atoms with van der Waals surface area (Å²) in [6.07, 6.45) is 6.31. The number of hydrogen-bond donors (Lipinski definition) is 3. The van der Waals surface area contributed by atoms with E-state index in [1.165, 1.54) is 0 Å². The smallest absolute Gasteiger partial charge is 0.331 e. The van der Waals surface area contributed by atoms with Gasteiger partial charge in [-0.3, -0.25) is 0 Å². The fourth-order valence-electron chi connectivity index (χ4n) is 4.01. The van der Waals surface area contributed by atoms with Crippen LogP contribution in [0.15, 0.2) is 35.9 Å². The second-order valence-corrected chi connectivity index (χ2v) is 7.78. The molecule has 0 aromatic heterocycles. The average Bonchev–Trinajstić information content (AvgIpc) is 2.66. The lowest BCUT2D eigenvalue weighted by molar-refractivity contribution is -0.757. The number of benzene rings is 1. The summed E-state index contributed by atoms with van der Waals surface area (Å²) in [6, 6.07) is 3.23. The molecule has 0 fully saturated rings. The number of carboxylic acid groups (broad SMARTS) is 1. The number of carboxylic acids is 1. The minimum atomic E-state index is -0.987. The van der Waals surface area contributed by atoms with Crippen LogP contribution in [0.1, 0.15) is 62.5 Å². The number of aromatic hydroxyl groups is 2. The highest BCUT2D eigenvalue weighted by Gasteiger charge is 2.32. The lowest BCUT2D eigenvalue weighted by Crippen LogP contribution is -2.20. The van der Waals surface area contributed by atoms with Gasteiger partial charge in [0.1, 0.15) is 11.5 Å². The molecule has 0 heterocycles. The fraction of sp³-hybridized carbons (Fsp3) is 0.500. The van der Waals surface area contributed by atoms with Crippen LogP contribution < -0.4 is 0 Å². The van der Waals surface area contributed by atoms with E-state index in [4.69, 9.17) is 0 Å². The number of unbranched alkanes of at least 4 members (excludes halogenated alkanes) is 3. The molecule has 0 saturated heterocycles. The number of phenols is 2. The molecule has 1 aromatic carbocycles. The lowest BCUT2D eigenvalue weighted by atomic mass is 9.73. The predicted molar refractivity (Wildman–Crippen MR) is 111 cm³/mol. The van der Waals surface area contributed by atoms with Gasteiger partial charge in [-0.2, -0.15) is 0 Å². The van der Waals surface area contributed by atoms with Gasteiger partial charge in [-0.15, -0.1) is 10.1 Å². The van der Waals surface area contributed by atoms with Crippen molar-refractivity contribution in [1.29, 1.82) is 0 Å². The van der Waals surface area contributed by atoms with Crippen molar-refractivity contribution in [3.63, 3.8) is 0 Å². The molecule has 0 amide bonds. The first-order valence-corrected chi connectivity index (χ1v) is 10.1. The van der Waals surface area contributed by atoms with Crippen LogP contribution in [-0.4, -0.2) is 33.0 Å². The second-order valence-electron chi connectivity index (χ2n) is 7.78. The highest BCUT2D eigenvalue weighted by Crippen LogP contribution is 2.46. The van der Waals surface area contributed by atoms with E-state index in [9.17, 15) is 30.2 Å². The Balaban J connectivity index is 2.07. The van der Waals surface area contributed by atoms with Crippen molar-refractivity contribution in [3.8, 4) is 11.5 Å². The van der Waals surface area contributed by atoms with E-state index in [0.717, 1.165) is 30.4 Å². The summed E-state index contributed by atoms with van der Waals surface area (Å²) < 4.78 is 0. The van der Waals surface area contributed by atoms with Crippen molar-refractivity contribution in [3.05, 3.63) is 57.2 Å². The summed E-state index contributed by atoms with van der Waals surface area (Å²) in [7, 11) is 0. The van der Waals surface area contributed by atoms with E-state index >= 15 is 0 Å². The van der Waals surface area contributed by atoms with Crippen LogP contribution in [-0.2, 0) is 16.1 Å². The molecule has 164 valence electrons. The van der Waals surface area contributed by atoms with Crippen molar-refractivity contribution >= 4 is 5.97 Å². The zero-order valence-corrected chi connectivity index (χ0v) is 17.2. The maximum Gasteiger partial charge on any atom is 0.331 e. The first-order chi connectivity index (χ1) is 14.2. The topological polar surface area (TPSA) is 130 Å². The monoisotopic (exact) mass is 419 g/mol. The number of allylic oxidation sites excluding steroid dienone is 2. The molecule has 1 aliphatic rings. The third kappa shape index (κ3) is 6.23. The number of aliphatic carboxylic acids is 1. The Morgan fingerprint density at radius 2 is 1.87 bits per heavy atom. The third-order valence-corrected chi connectivity index (χ3v) is 5.53. The molecule has 1 aromatic rings. The van der Waals surface area contributed by atoms with Crippen LogP contribution in [0.3, 0.4) is 0 Å². The van der Waals surface area contributed by atoms with Gasteiger partial charge in [0.2, 0.25) is 0 Å². The Hall–Kier alpha value is -3.03. The van der Waals surface area contributed by atoms with Gasteiger partial charge in [-0.25, -0.2) is 4.79 Å². The molecule has 0 saturated carbocycles. The Morgan fingerprint density at radius 3 is 2.43 bits per heavy atom. The molecule has 0 aliphatic heterocycles. The Bertz CT molecular complexity index is 808. The molecule has 2 rings (SSSR count). The number of phenolic OH excluding ortho intramolecular Hbond substituents is 2. The summed E-state index contributed by atoms with van der Waals surface area (Å²) in [5.41, 5.74) is 2.27. The SMILES string of the molecule is C=C(C)[C@H]1CCC(C(=O)O)=C[C@@H]1c1c(O)cc(CCCCCCO[N+](=O)[O-])cc1O. The fourth-order valence-corrected chi connectivity index (χ4v) is 4.01. The molecule has 0 radical (unpaired) electrons. The minimum absolute atomic E-state index is 0.0523. The predicted octanol–water partition coefficient (Wildman–Crippen LogP) is 4.49. The maximum absolute atomic E-state index is 11.4. The zero-order valence-electron chi connectivity index (χ0n) is 17.2. The van der Waals surface area contributed by atoms with Gasteiger partial charge in [0.05, 0.1) is 6.61 Å². The van der Waals surface area contributed by atoms with Crippen LogP contribution in [0.4, 0.5) is 0 Å². The largest absolute Gasteiger partial charge is 0.507 e. The number of hydrogen-bond acceptors (Lipinski definition) is 6. The summed E-state index contributed by atoms with van der Waals surface area (Å²) in [4.78, 5) is 25.8. The molecule has 3 N–H and O–H groups in total. The van der Waals surface area contributed by atoms with Gasteiger partial charge in [0, 0.05) is 17.1 Å². The molecule has 0 unspecified atom stereocenters. The van der Waals surface area contributed by atoms with Crippen molar-refractivity contribution in [1.82, 2.24) is 0 Å². The van der Waals surface area contributed by atoms with Crippen LogP contribution in [0, 0.1) is 16.0 Å². The standard InChI is InChI=1S/C22H29NO7/c1-14(2)17-9-8-16(22(26)27)13-18(17)21-19(24)11-15(12-20(21)25)7-5-3-4-6-10-30-23(28)29/h11-13,17-18,24-25H,1,3-10H2,2H3,(H,26,27)/t17-,18+/m1/s1. The summed E-state index contributed by atoms with van der Waals surface area (Å²) in [5, 5.41) is 39.9. The van der Waals surface area contributed by atoms with E-state index < -0.39 is 17.0 Å². The number of carbonyl (C=O) groups is 1. The minimum Gasteiger partial charge on any atom is -0.507 e. The lowest BCUT2D eigenvalue weighted by Gasteiger charge is -2.31. The molecule has 8 heteroatoms. The number of rotatable bonds is 11. The van der Waals surface area contributed by atoms with Crippen molar-refractivity contribution in [2.75, 3.05) is 6.61 Å². The van der Waals surface area contributed by atoms with Gasteiger partial charge in [-0.05, 0) is 62.6 Å². The quantitative estimate of drug-likeness (QED) is 0.208. The van der Waals surface area contributed by atoms with Gasteiger partial charge in [0.25, 0.3) is 5.09 Å². The van der Waals surface area contributed by atoms with Crippen molar-refractivity contribution in [2.45, 2.75) is 57.8 Å². The van der Waals surface area contributed by atoms with E-state index in [-0.39, 0.29) is 29.6 Å². The third-order valence-electron chi connectivity index (χ3n) is 5.53. The van der Waals surface area contributed by atoms with Crippen LogP contribution in [0.2, 0.25) is 0 Å². The van der Waals surface area contributed by atoms with Crippen LogP contribution >= 0.6 is 0 Å². The molecular formula is C22H29NO7. The Morgan fingerprint density at radius 1 is 1.23 bits per heavy atom. The first-order valence-electron chi connectivity index (χ1n) is 10.1. The van der Waals surface area contributed by atoms with E-state index in [1.807, 2.05) is 6.92 Å². The van der Waals surface area contributed by atoms with Gasteiger partial charge < -0.3 is 20.2 Å². The highest BCUT2D eigenvalue weighted by atomic mass is 16.9. The van der Waals surface area contributed by atoms with E-state index in [0.29, 0.717) is 31.2 Å². The molecule has 8 nitrogen and oxygen atoms in total. The van der Waals surface area contributed by atoms with Crippen LogP contribution in [0.5, 0.6) is 11.5 Å². The number of aryl methyl sites for hydroxylation is 1. The Labute approximate surface area is 175 Å². The van der Waals surface area contributed by atoms with Gasteiger partial charge in [0.15, 0.2) is 0 Å². The van der Waals surface area contributed by atoms with E-state index in [2.05, 4.69) is 11.4 Å². The molecule has 0 bridgehead atoms. The number of nitrogens with zero attached hydrogens (tertiary/aromatic N) is 1. The van der Waals surface area contributed by atoms with Crippen molar-refractivity contribution in [2.24, 2.45) is 5.92 Å². The normalized spacial score (nSPS) is 18.5. The van der Waals surface area contributed by atoms with Gasteiger partial charge >= 0.3 is 5.97 Å². The van der Waals surface area contributed by atoms with Gasteiger partial charge in [-0.1, -0.05) is 31.1 Å². The molecular weight excluding hydrogens is 390 g/mol. The maximum atomic E-state index is 11.4. The first kappa shape index (κ1) is 23.3. The van der Waals surface area contributed by atoms with Crippen molar-refractivity contribution < 1.29 is 30.0 Å². The molecule has 0 spiro atoms. The molecule has 2 atom stereocenters. The highest BCUT2D eigenvalue weighted by molar-refractivity contribution is 5.87. The van der Waals surface area contributed by atoms with Crippen LogP contribution in [0.25, 0.3) is 0 Å². The summed E-state index contributed by atoms with van der Waals surface area (Å²) in [6.45, 7) is 5.95. The summed E-state index contributed by atoms with van der Waals surface area (Å²) >= 11 is 0. The summed E-state index contributed by atoms with van der Waals surface area (Å²) in [5.74, 6) is -1.60. The zero-order chi connectivity index (χ0) is 22.3. The second kappa shape index (κ2) is 10.7. The average molecular weight is 419 g/mol. The molecule has 1 aliphatic carbocycles. The molecule has 30 heavy (non-hydrogen) atoms. The Kier molecular flexibility index (Phi) is 8.26. The van der Waals surface area contributed by atoms with E-state index in [1.54, 1.807) is 18.2 Å².